The maximum absolute atomic E-state index is 6.04. The summed E-state index contributed by atoms with van der Waals surface area (Å²) in [6.45, 7) is 4.01. The molecule has 0 spiro atoms. The molecule has 16 heavy (non-hydrogen) atoms. The number of halogens is 2. The highest BCUT2D eigenvalue weighted by Crippen LogP contribution is 2.34. The van der Waals surface area contributed by atoms with Crippen LogP contribution < -0.4 is 0 Å². The van der Waals surface area contributed by atoms with E-state index in [2.05, 4.69) is 26.1 Å². The van der Waals surface area contributed by atoms with Gasteiger partial charge in [0.1, 0.15) is 0 Å². The van der Waals surface area contributed by atoms with Gasteiger partial charge in [-0.3, -0.25) is 0 Å². The van der Waals surface area contributed by atoms with Crippen molar-refractivity contribution < 1.29 is 4.52 Å². The molecule has 6 heteroatoms. The van der Waals surface area contributed by atoms with Crippen LogP contribution in [0.3, 0.4) is 0 Å². The molecule has 0 bridgehead atoms. The van der Waals surface area contributed by atoms with Crippen molar-refractivity contribution in [3.63, 3.8) is 0 Å². The molecule has 0 radical (unpaired) electrons. The Bertz CT molecular complexity index is 477. The van der Waals surface area contributed by atoms with Crippen molar-refractivity contribution in [2.45, 2.75) is 25.6 Å². The summed E-state index contributed by atoms with van der Waals surface area (Å²) in [5, 5.41) is 3.70. The van der Waals surface area contributed by atoms with Gasteiger partial charge in [0.25, 0.3) is 5.89 Å². The number of aromatic nitrogens is 2. The second-order valence-electron chi connectivity index (χ2n) is 3.40. The van der Waals surface area contributed by atoms with Crippen LogP contribution >= 0.6 is 38.9 Å². The Morgan fingerprint density at radius 2 is 2.38 bits per heavy atom. The first kappa shape index (κ1) is 12.1. The van der Waals surface area contributed by atoms with Gasteiger partial charge in [0, 0.05) is 0 Å². The summed E-state index contributed by atoms with van der Waals surface area (Å²) >= 11 is 11.1. The molecule has 0 aromatic carbocycles. The Labute approximate surface area is 111 Å². The van der Waals surface area contributed by atoms with E-state index in [0.717, 1.165) is 20.6 Å². The summed E-state index contributed by atoms with van der Waals surface area (Å²) in [5.41, 5.74) is 1.16. The Kier molecular flexibility index (Phi) is 3.66. The highest BCUT2D eigenvalue weighted by atomic mass is 79.9. The second-order valence-corrected chi connectivity index (χ2v) is 6.30. The number of hydrogen-bond acceptors (Lipinski definition) is 4. The molecule has 1 atom stereocenters. The zero-order chi connectivity index (χ0) is 11.7. The largest absolute Gasteiger partial charge is 0.333 e. The van der Waals surface area contributed by atoms with E-state index in [1.807, 2.05) is 19.9 Å². The van der Waals surface area contributed by atoms with Crippen molar-refractivity contribution in [1.82, 2.24) is 10.1 Å². The third-order valence-corrected chi connectivity index (χ3v) is 4.78. The molecular formula is C10H10BrClN2OS. The van der Waals surface area contributed by atoms with Crippen LogP contribution in [0.25, 0.3) is 10.8 Å². The zero-order valence-electron chi connectivity index (χ0n) is 8.83. The Morgan fingerprint density at radius 3 is 2.94 bits per heavy atom. The van der Waals surface area contributed by atoms with E-state index in [1.54, 1.807) is 11.3 Å². The quantitative estimate of drug-likeness (QED) is 0.778. The molecule has 86 valence electrons. The van der Waals surface area contributed by atoms with E-state index in [4.69, 9.17) is 16.1 Å². The van der Waals surface area contributed by atoms with Crippen molar-refractivity contribution in [2.24, 2.45) is 0 Å². The summed E-state index contributed by atoms with van der Waals surface area (Å²) in [4.78, 5) is 5.25. The molecule has 0 aliphatic rings. The Morgan fingerprint density at radius 1 is 1.62 bits per heavy atom. The fraction of sp³-hybridized carbons (Fsp3) is 0.400. The zero-order valence-corrected chi connectivity index (χ0v) is 12.0. The van der Waals surface area contributed by atoms with E-state index >= 15 is 0 Å². The van der Waals surface area contributed by atoms with Crippen LogP contribution in [0.15, 0.2) is 14.4 Å². The molecular weight excluding hydrogens is 312 g/mol. The lowest BCUT2D eigenvalue weighted by Gasteiger charge is -1.95. The van der Waals surface area contributed by atoms with Crippen molar-refractivity contribution in [3.05, 3.63) is 21.2 Å². The average Bonchev–Trinajstić information content (AvgIpc) is 2.86. The molecule has 0 amide bonds. The number of rotatable bonds is 3. The lowest BCUT2D eigenvalue weighted by Crippen LogP contribution is -1.90. The van der Waals surface area contributed by atoms with Crippen molar-refractivity contribution >= 4 is 38.9 Å². The lowest BCUT2D eigenvalue weighted by molar-refractivity contribution is 0.422. The minimum atomic E-state index is -0.179. The van der Waals surface area contributed by atoms with Gasteiger partial charge in [0.2, 0.25) is 0 Å². The average molecular weight is 322 g/mol. The molecule has 0 aliphatic carbocycles. The van der Waals surface area contributed by atoms with Gasteiger partial charge in [-0.15, -0.1) is 22.9 Å². The number of aryl methyl sites for hydroxylation is 1. The fourth-order valence-corrected chi connectivity index (χ4v) is 2.76. The summed E-state index contributed by atoms with van der Waals surface area (Å²) in [7, 11) is 0. The van der Waals surface area contributed by atoms with Crippen LogP contribution in [-0.4, -0.2) is 10.1 Å². The van der Waals surface area contributed by atoms with Crippen molar-refractivity contribution in [1.29, 1.82) is 0 Å². The third kappa shape index (κ3) is 2.31. The molecule has 1 unspecified atom stereocenters. The maximum atomic E-state index is 6.04. The number of nitrogens with zero attached hydrogens (tertiary/aromatic N) is 2. The summed E-state index contributed by atoms with van der Waals surface area (Å²) < 4.78 is 6.27. The van der Waals surface area contributed by atoms with Crippen molar-refractivity contribution in [2.75, 3.05) is 0 Å². The van der Waals surface area contributed by atoms with Gasteiger partial charge in [0.05, 0.1) is 14.0 Å². The molecule has 0 saturated carbocycles. The minimum Gasteiger partial charge on any atom is -0.333 e. The van der Waals surface area contributed by atoms with Gasteiger partial charge in [-0.05, 0) is 40.9 Å². The highest BCUT2D eigenvalue weighted by molar-refractivity contribution is 9.11. The molecule has 2 rings (SSSR count). The Hall–Kier alpha value is -0.390. The summed E-state index contributed by atoms with van der Waals surface area (Å²) in [6, 6.07) is 2.02. The van der Waals surface area contributed by atoms with E-state index in [-0.39, 0.29) is 5.38 Å². The third-order valence-electron chi connectivity index (χ3n) is 2.15. The van der Waals surface area contributed by atoms with Gasteiger partial charge in [-0.2, -0.15) is 4.98 Å². The van der Waals surface area contributed by atoms with Gasteiger partial charge in [-0.1, -0.05) is 12.1 Å². The smallest absolute Gasteiger partial charge is 0.268 e. The first-order valence-corrected chi connectivity index (χ1v) is 6.90. The molecule has 2 aromatic rings. The summed E-state index contributed by atoms with van der Waals surface area (Å²) in [6.07, 6.45) is 0.785. The lowest BCUT2D eigenvalue weighted by atomic mass is 10.3. The van der Waals surface area contributed by atoms with E-state index in [1.165, 1.54) is 0 Å². The van der Waals surface area contributed by atoms with E-state index in [9.17, 15) is 0 Å². The topological polar surface area (TPSA) is 38.9 Å². The van der Waals surface area contributed by atoms with Crippen LogP contribution in [0, 0.1) is 6.92 Å². The monoisotopic (exact) mass is 320 g/mol. The molecule has 0 fully saturated rings. The molecule has 3 nitrogen and oxygen atoms in total. The molecule has 2 aromatic heterocycles. The van der Waals surface area contributed by atoms with Crippen LogP contribution in [0.2, 0.25) is 0 Å². The maximum Gasteiger partial charge on any atom is 0.268 e. The number of alkyl halides is 1. The standard InChI is InChI=1S/C10H10BrClN2OS/c1-3-6(12)9-13-10(15-14-9)7-4-5(2)8(11)16-7/h4,6H,3H2,1-2H3. The summed E-state index contributed by atoms with van der Waals surface area (Å²) in [5.74, 6) is 1.09. The van der Waals surface area contributed by atoms with Crippen molar-refractivity contribution in [3.8, 4) is 10.8 Å². The molecule has 0 N–H and O–H groups in total. The predicted molar refractivity (Wildman–Crippen MR) is 68.9 cm³/mol. The van der Waals surface area contributed by atoms with Gasteiger partial charge >= 0.3 is 0 Å². The van der Waals surface area contributed by atoms with Crippen LogP contribution in [0.1, 0.15) is 30.1 Å². The fourth-order valence-electron chi connectivity index (χ4n) is 1.21. The number of thiophene rings is 1. The van der Waals surface area contributed by atoms with Gasteiger partial charge < -0.3 is 4.52 Å². The van der Waals surface area contributed by atoms with Gasteiger partial charge in [0.15, 0.2) is 5.82 Å². The first-order chi connectivity index (χ1) is 7.61. The normalized spacial score (nSPS) is 13.0. The first-order valence-electron chi connectivity index (χ1n) is 4.85. The minimum absolute atomic E-state index is 0.179. The molecule has 2 heterocycles. The van der Waals surface area contributed by atoms with E-state index < -0.39 is 0 Å². The highest BCUT2D eigenvalue weighted by Gasteiger charge is 2.16. The van der Waals surface area contributed by atoms with Crippen LogP contribution in [0.4, 0.5) is 0 Å². The van der Waals surface area contributed by atoms with Crippen LogP contribution in [0.5, 0.6) is 0 Å². The van der Waals surface area contributed by atoms with Gasteiger partial charge in [-0.25, -0.2) is 0 Å². The predicted octanol–water partition coefficient (Wildman–Crippen LogP) is 4.56. The van der Waals surface area contributed by atoms with E-state index in [0.29, 0.717) is 11.7 Å². The molecule has 0 aliphatic heterocycles. The molecule has 0 saturated heterocycles. The Balaban J connectivity index is 2.31. The number of hydrogen-bond donors (Lipinski definition) is 0. The SMILES string of the molecule is CCC(Cl)c1noc(-c2cc(C)c(Br)s2)n1. The second kappa shape index (κ2) is 4.85. The van der Waals surface area contributed by atoms with Crippen LogP contribution in [-0.2, 0) is 0 Å².